The van der Waals surface area contributed by atoms with Crippen molar-refractivity contribution < 1.29 is 18.7 Å². The van der Waals surface area contributed by atoms with Gasteiger partial charge >= 0.3 is 11.9 Å². The van der Waals surface area contributed by atoms with Crippen molar-refractivity contribution in [1.29, 1.82) is 0 Å². The molecule has 1 aromatic carbocycles. The number of alkyl halides is 2. The highest BCUT2D eigenvalue weighted by atomic mass is 19.3. The Morgan fingerprint density at radius 3 is 2.59 bits per heavy atom. The zero-order valence-electron chi connectivity index (χ0n) is 8.55. The minimum absolute atomic E-state index is 0.0462. The van der Waals surface area contributed by atoms with Gasteiger partial charge in [0.15, 0.2) is 0 Å². The summed E-state index contributed by atoms with van der Waals surface area (Å²) in [7, 11) is 0. The molecule has 0 amide bonds. The van der Waals surface area contributed by atoms with Gasteiger partial charge in [0.1, 0.15) is 0 Å². The van der Waals surface area contributed by atoms with Gasteiger partial charge in [0.25, 0.3) is 0 Å². The Hall–Kier alpha value is -2.24. The first-order valence-electron chi connectivity index (χ1n) is 4.74. The van der Waals surface area contributed by atoms with E-state index in [1.165, 1.54) is 29.2 Å². The van der Waals surface area contributed by atoms with E-state index in [0.717, 1.165) is 6.07 Å². The highest BCUT2D eigenvalue weighted by molar-refractivity contribution is 5.78. The van der Waals surface area contributed by atoms with Gasteiger partial charge in [-0.1, -0.05) is 18.2 Å². The molecule has 0 aliphatic heterocycles. The summed E-state index contributed by atoms with van der Waals surface area (Å²) < 4.78 is 28.2. The number of aliphatic carboxylic acids is 1. The molecule has 0 spiro atoms. The lowest BCUT2D eigenvalue weighted by Gasteiger charge is -2.15. The van der Waals surface area contributed by atoms with E-state index in [2.05, 4.69) is 5.10 Å². The predicted molar refractivity (Wildman–Crippen MR) is 55.1 cm³/mol. The van der Waals surface area contributed by atoms with Gasteiger partial charge in [-0.3, -0.25) is 0 Å². The quantitative estimate of drug-likeness (QED) is 0.890. The number of rotatable bonds is 3. The van der Waals surface area contributed by atoms with E-state index < -0.39 is 17.5 Å². The lowest BCUT2D eigenvalue weighted by atomic mass is 10.1. The van der Waals surface area contributed by atoms with Crippen LogP contribution in [0.2, 0.25) is 0 Å². The Morgan fingerprint density at radius 2 is 2.00 bits per heavy atom. The first-order chi connectivity index (χ1) is 8.03. The lowest BCUT2D eigenvalue weighted by Crippen LogP contribution is -2.27. The molecule has 0 fully saturated rings. The minimum Gasteiger partial charge on any atom is -0.477 e. The molecule has 6 heteroatoms. The molecule has 0 saturated heterocycles. The molecule has 1 N–H and O–H groups in total. The summed E-state index contributed by atoms with van der Waals surface area (Å²) in [6.07, 6.45) is 2.90. The smallest absolute Gasteiger partial charge is 0.379 e. The largest absolute Gasteiger partial charge is 0.477 e. The van der Waals surface area contributed by atoms with E-state index in [1.807, 2.05) is 0 Å². The predicted octanol–water partition coefficient (Wildman–Crippen LogP) is 2.05. The van der Waals surface area contributed by atoms with E-state index >= 15 is 0 Å². The molecule has 0 atom stereocenters. The highest BCUT2D eigenvalue weighted by Crippen LogP contribution is 2.32. The number of halogens is 2. The second-order valence-electron chi connectivity index (χ2n) is 3.35. The molecule has 88 valence electrons. The van der Waals surface area contributed by atoms with Gasteiger partial charge in [0.05, 0.1) is 11.3 Å². The van der Waals surface area contributed by atoms with Crippen LogP contribution in [0.25, 0.3) is 5.69 Å². The highest BCUT2D eigenvalue weighted by Gasteiger charge is 2.43. The van der Waals surface area contributed by atoms with Crippen molar-refractivity contribution in [3.05, 3.63) is 48.3 Å². The van der Waals surface area contributed by atoms with Crippen LogP contribution in [-0.4, -0.2) is 20.9 Å². The number of nitrogens with zero attached hydrogens (tertiary/aromatic N) is 2. The molecule has 0 unspecified atom stereocenters. The number of carbonyl (C=O) groups is 1. The SMILES string of the molecule is O=C(O)C(F)(F)c1ccccc1-n1cccn1. The molecule has 0 saturated carbocycles. The van der Waals surface area contributed by atoms with Crippen molar-refractivity contribution in [3.63, 3.8) is 0 Å². The molecule has 2 rings (SSSR count). The van der Waals surface area contributed by atoms with E-state index in [1.54, 1.807) is 12.1 Å². The van der Waals surface area contributed by atoms with Crippen molar-refractivity contribution in [2.24, 2.45) is 0 Å². The normalized spacial score (nSPS) is 11.4. The van der Waals surface area contributed by atoms with Gasteiger partial charge in [-0.2, -0.15) is 13.9 Å². The van der Waals surface area contributed by atoms with E-state index in [4.69, 9.17) is 5.11 Å². The van der Waals surface area contributed by atoms with Gasteiger partial charge in [-0.15, -0.1) is 0 Å². The van der Waals surface area contributed by atoms with Gasteiger partial charge < -0.3 is 5.11 Å². The summed E-state index contributed by atoms with van der Waals surface area (Å²) in [5.41, 5.74) is -0.541. The van der Waals surface area contributed by atoms with Gasteiger partial charge in [0, 0.05) is 12.4 Å². The molecule has 4 nitrogen and oxygen atoms in total. The van der Waals surface area contributed by atoms with Gasteiger partial charge in [-0.05, 0) is 12.1 Å². The second kappa shape index (κ2) is 3.97. The maximum Gasteiger partial charge on any atom is 0.379 e. The summed E-state index contributed by atoms with van der Waals surface area (Å²) in [5.74, 6) is -6.13. The Labute approximate surface area is 95.1 Å². The van der Waals surface area contributed by atoms with Crippen molar-refractivity contribution in [3.8, 4) is 5.69 Å². The van der Waals surface area contributed by atoms with Crippen LogP contribution in [-0.2, 0) is 10.7 Å². The van der Waals surface area contributed by atoms with Crippen LogP contribution in [0.5, 0.6) is 0 Å². The van der Waals surface area contributed by atoms with E-state index in [-0.39, 0.29) is 5.69 Å². The summed E-state index contributed by atoms with van der Waals surface area (Å²) in [6, 6.07) is 6.93. The number of hydrogen-bond acceptors (Lipinski definition) is 2. The molecule has 0 bridgehead atoms. The number of aromatic nitrogens is 2. The monoisotopic (exact) mass is 238 g/mol. The fourth-order valence-electron chi connectivity index (χ4n) is 1.47. The average Bonchev–Trinajstić information content (AvgIpc) is 2.82. The van der Waals surface area contributed by atoms with Gasteiger partial charge in [-0.25, -0.2) is 9.48 Å². The Morgan fingerprint density at radius 1 is 1.29 bits per heavy atom. The molecule has 0 radical (unpaired) electrons. The summed E-state index contributed by atoms with van der Waals surface area (Å²) >= 11 is 0. The standard InChI is InChI=1S/C11H8F2N2O2/c12-11(13,10(16)17)8-4-1-2-5-9(8)15-7-3-6-14-15/h1-7H,(H,16,17). The zero-order chi connectivity index (χ0) is 12.5. The molecular formula is C11H8F2N2O2. The van der Waals surface area contributed by atoms with Gasteiger partial charge in [0.2, 0.25) is 0 Å². The van der Waals surface area contributed by atoms with Crippen molar-refractivity contribution >= 4 is 5.97 Å². The molecule has 1 heterocycles. The first-order valence-corrected chi connectivity index (χ1v) is 4.74. The van der Waals surface area contributed by atoms with Crippen LogP contribution >= 0.6 is 0 Å². The number of hydrogen-bond donors (Lipinski definition) is 1. The van der Waals surface area contributed by atoms with Crippen LogP contribution in [0.15, 0.2) is 42.7 Å². The van der Waals surface area contributed by atoms with E-state index in [0.29, 0.717) is 0 Å². The van der Waals surface area contributed by atoms with Crippen molar-refractivity contribution in [1.82, 2.24) is 9.78 Å². The van der Waals surface area contributed by atoms with Crippen LogP contribution in [0.4, 0.5) is 8.78 Å². The number of para-hydroxylation sites is 1. The Bertz CT molecular complexity index is 538. The van der Waals surface area contributed by atoms with Crippen LogP contribution in [0, 0.1) is 0 Å². The third-order valence-corrected chi connectivity index (χ3v) is 2.26. The number of carboxylic acids is 1. The fourth-order valence-corrected chi connectivity index (χ4v) is 1.47. The molecular weight excluding hydrogens is 230 g/mol. The van der Waals surface area contributed by atoms with Crippen LogP contribution in [0.3, 0.4) is 0 Å². The molecule has 0 aliphatic rings. The summed E-state index contributed by atoms with van der Waals surface area (Å²) in [5, 5.41) is 12.3. The molecule has 0 aliphatic carbocycles. The molecule has 17 heavy (non-hydrogen) atoms. The second-order valence-corrected chi connectivity index (χ2v) is 3.35. The average molecular weight is 238 g/mol. The summed E-state index contributed by atoms with van der Waals surface area (Å²) in [6.45, 7) is 0. The minimum atomic E-state index is -3.94. The summed E-state index contributed by atoms with van der Waals surface area (Å²) in [4.78, 5) is 10.6. The van der Waals surface area contributed by atoms with Crippen LogP contribution < -0.4 is 0 Å². The number of benzene rings is 1. The maximum absolute atomic E-state index is 13.5. The van der Waals surface area contributed by atoms with Crippen molar-refractivity contribution in [2.75, 3.05) is 0 Å². The lowest BCUT2D eigenvalue weighted by molar-refractivity contribution is -0.166. The van der Waals surface area contributed by atoms with E-state index in [9.17, 15) is 13.6 Å². The first kappa shape index (κ1) is 11.3. The third kappa shape index (κ3) is 1.89. The van der Waals surface area contributed by atoms with Crippen molar-refractivity contribution in [2.45, 2.75) is 5.92 Å². The Kier molecular flexibility index (Phi) is 2.63. The maximum atomic E-state index is 13.5. The zero-order valence-corrected chi connectivity index (χ0v) is 8.55. The number of carboxylic acid groups (broad SMARTS) is 1. The molecule has 2 aromatic rings. The molecule has 1 aromatic heterocycles. The third-order valence-electron chi connectivity index (χ3n) is 2.26. The topological polar surface area (TPSA) is 55.1 Å². The fraction of sp³-hybridized carbons (Fsp3) is 0.0909. The van der Waals surface area contributed by atoms with Crippen LogP contribution in [0.1, 0.15) is 5.56 Å². The Balaban J connectivity index is 2.60.